The first-order valence-electron chi connectivity index (χ1n) is 6.03. The van der Waals surface area contributed by atoms with Crippen molar-refractivity contribution in [3.63, 3.8) is 0 Å². The fraction of sp³-hybridized carbons (Fsp3) is 0.200. The van der Waals surface area contributed by atoms with E-state index in [0.29, 0.717) is 17.7 Å². The molecule has 0 amide bonds. The van der Waals surface area contributed by atoms with Gasteiger partial charge in [0.1, 0.15) is 6.10 Å². The number of halogens is 2. The molecule has 0 spiro atoms. The number of hydrogen-bond acceptors (Lipinski definition) is 2. The molecule has 1 unspecified atom stereocenters. The minimum atomic E-state index is -0.970. The Morgan fingerprint density at radius 2 is 1.58 bits per heavy atom. The van der Waals surface area contributed by atoms with E-state index in [1.165, 1.54) is 6.07 Å². The Labute approximate surface area is 110 Å². The van der Waals surface area contributed by atoms with Gasteiger partial charge >= 0.3 is 0 Å². The van der Waals surface area contributed by atoms with Crippen molar-refractivity contribution in [1.29, 1.82) is 0 Å². The van der Waals surface area contributed by atoms with E-state index in [0.717, 1.165) is 24.1 Å². The van der Waals surface area contributed by atoms with Gasteiger partial charge in [-0.05, 0) is 41.8 Å². The van der Waals surface area contributed by atoms with Gasteiger partial charge in [0.05, 0.1) is 0 Å². The number of aliphatic hydroxyl groups excluding tert-OH is 1. The molecule has 0 fully saturated rings. The van der Waals surface area contributed by atoms with Crippen molar-refractivity contribution < 1.29 is 13.9 Å². The average Bonchev–Trinajstić information content (AvgIpc) is 2.42. The maximum atomic E-state index is 13.1. The molecule has 0 aromatic heterocycles. The van der Waals surface area contributed by atoms with Crippen molar-refractivity contribution in [2.45, 2.75) is 12.5 Å². The number of benzene rings is 2. The predicted molar refractivity (Wildman–Crippen MR) is 69.6 cm³/mol. The third-order valence-electron chi connectivity index (χ3n) is 2.99. The quantitative estimate of drug-likeness (QED) is 0.890. The summed E-state index contributed by atoms with van der Waals surface area (Å²) in [5.74, 6) is -1.88. The molecule has 2 nitrogen and oxygen atoms in total. The van der Waals surface area contributed by atoms with E-state index in [2.05, 4.69) is 0 Å². The lowest BCUT2D eigenvalue weighted by Gasteiger charge is -2.12. The second-order valence-electron chi connectivity index (χ2n) is 4.36. The van der Waals surface area contributed by atoms with Gasteiger partial charge in [-0.1, -0.05) is 30.3 Å². The largest absolute Gasteiger partial charge is 0.384 e. The zero-order chi connectivity index (χ0) is 13.8. The first-order valence-corrected chi connectivity index (χ1v) is 6.03. The Hall–Kier alpha value is -1.78. The van der Waals surface area contributed by atoms with Gasteiger partial charge in [-0.3, -0.25) is 0 Å². The molecule has 2 rings (SSSR count). The summed E-state index contributed by atoms with van der Waals surface area (Å²) >= 11 is 0. The van der Waals surface area contributed by atoms with Crippen LogP contribution in [0.15, 0.2) is 42.5 Å². The maximum Gasteiger partial charge on any atom is 0.159 e. The Bertz CT molecular complexity index is 555. The summed E-state index contributed by atoms with van der Waals surface area (Å²) in [5.41, 5.74) is 7.48. The summed E-state index contributed by atoms with van der Waals surface area (Å²) in [6.07, 6.45) is -0.205. The van der Waals surface area contributed by atoms with Crippen molar-refractivity contribution >= 4 is 0 Å². The van der Waals surface area contributed by atoms with Gasteiger partial charge in [0.2, 0.25) is 0 Å². The van der Waals surface area contributed by atoms with Crippen molar-refractivity contribution in [2.75, 3.05) is 6.54 Å². The Kier molecular flexibility index (Phi) is 4.24. The molecule has 0 aliphatic carbocycles. The van der Waals surface area contributed by atoms with Crippen LogP contribution in [0.25, 0.3) is 0 Å². The molecular weight excluding hydrogens is 248 g/mol. The van der Waals surface area contributed by atoms with Crippen LogP contribution < -0.4 is 5.73 Å². The van der Waals surface area contributed by atoms with E-state index in [9.17, 15) is 13.9 Å². The molecule has 0 bridgehead atoms. The third-order valence-corrected chi connectivity index (χ3v) is 2.99. The van der Waals surface area contributed by atoms with Gasteiger partial charge in [0.15, 0.2) is 11.6 Å². The zero-order valence-corrected chi connectivity index (χ0v) is 10.3. The summed E-state index contributed by atoms with van der Waals surface area (Å²) in [7, 11) is 0. The Morgan fingerprint density at radius 3 is 2.16 bits per heavy atom. The van der Waals surface area contributed by atoms with Crippen LogP contribution in [0.3, 0.4) is 0 Å². The highest BCUT2D eigenvalue weighted by Gasteiger charge is 2.12. The van der Waals surface area contributed by atoms with Crippen molar-refractivity contribution in [2.24, 2.45) is 5.73 Å². The van der Waals surface area contributed by atoms with Crippen LogP contribution in [0.1, 0.15) is 22.8 Å². The molecule has 0 saturated heterocycles. The molecule has 0 saturated carbocycles. The minimum Gasteiger partial charge on any atom is -0.384 e. The van der Waals surface area contributed by atoms with Crippen LogP contribution in [-0.4, -0.2) is 11.7 Å². The lowest BCUT2D eigenvalue weighted by Crippen LogP contribution is -2.04. The third kappa shape index (κ3) is 3.16. The predicted octanol–water partition coefficient (Wildman–Crippen LogP) is 2.55. The fourth-order valence-corrected chi connectivity index (χ4v) is 1.91. The van der Waals surface area contributed by atoms with Gasteiger partial charge in [0, 0.05) is 0 Å². The van der Waals surface area contributed by atoms with Gasteiger partial charge in [-0.15, -0.1) is 0 Å². The van der Waals surface area contributed by atoms with Crippen LogP contribution in [0.2, 0.25) is 0 Å². The van der Waals surface area contributed by atoms with E-state index < -0.39 is 17.7 Å². The van der Waals surface area contributed by atoms with Crippen LogP contribution in [0, 0.1) is 11.6 Å². The number of aliphatic hydroxyl groups is 1. The molecule has 2 aromatic rings. The van der Waals surface area contributed by atoms with Gasteiger partial charge in [-0.25, -0.2) is 8.78 Å². The van der Waals surface area contributed by atoms with Crippen LogP contribution in [0.4, 0.5) is 8.78 Å². The molecule has 0 aliphatic heterocycles. The molecule has 0 heterocycles. The van der Waals surface area contributed by atoms with E-state index in [4.69, 9.17) is 5.73 Å². The SMILES string of the molecule is NCCc1ccc(C(O)c2ccc(F)c(F)c2)cc1. The summed E-state index contributed by atoms with van der Waals surface area (Å²) in [6.45, 7) is 0.561. The van der Waals surface area contributed by atoms with Crippen molar-refractivity contribution in [3.05, 3.63) is 70.8 Å². The number of nitrogens with two attached hydrogens (primary N) is 1. The molecule has 0 aliphatic rings. The Morgan fingerprint density at radius 1 is 0.947 bits per heavy atom. The normalized spacial score (nSPS) is 12.4. The van der Waals surface area contributed by atoms with Crippen molar-refractivity contribution in [3.8, 4) is 0 Å². The second kappa shape index (κ2) is 5.91. The molecule has 19 heavy (non-hydrogen) atoms. The second-order valence-corrected chi connectivity index (χ2v) is 4.36. The zero-order valence-electron chi connectivity index (χ0n) is 10.3. The highest BCUT2D eigenvalue weighted by atomic mass is 19.2. The van der Waals surface area contributed by atoms with Crippen LogP contribution in [0.5, 0.6) is 0 Å². The lowest BCUT2D eigenvalue weighted by molar-refractivity contribution is 0.219. The highest BCUT2D eigenvalue weighted by molar-refractivity contribution is 5.32. The first-order chi connectivity index (χ1) is 9.11. The first kappa shape index (κ1) is 13.6. The van der Waals surface area contributed by atoms with Gasteiger partial charge in [0.25, 0.3) is 0 Å². The van der Waals surface area contributed by atoms with E-state index in [1.807, 2.05) is 12.1 Å². The Balaban J connectivity index is 2.22. The van der Waals surface area contributed by atoms with Crippen molar-refractivity contribution in [1.82, 2.24) is 0 Å². The van der Waals surface area contributed by atoms with Crippen LogP contribution >= 0.6 is 0 Å². The molecular formula is C15H15F2NO. The maximum absolute atomic E-state index is 13.1. The minimum absolute atomic E-state index is 0.325. The number of rotatable bonds is 4. The summed E-state index contributed by atoms with van der Waals surface area (Å²) in [5, 5.41) is 10.1. The summed E-state index contributed by atoms with van der Waals surface area (Å²) in [4.78, 5) is 0. The lowest BCUT2D eigenvalue weighted by atomic mass is 9.99. The van der Waals surface area contributed by atoms with E-state index >= 15 is 0 Å². The van der Waals surface area contributed by atoms with E-state index in [1.54, 1.807) is 12.1 Å². The highest BCUT2D eigenvalue weighted by Crippen LogP contribution is 2.23. The fourth-order valence-electron chi connectivity index (χ4n) is 1.91. The summed E-state index contributed by atoms with van der Waals surface area (Å²) in [6, 6.07) is 10.6. The smallest absolute Gasteiger partial charge is 0.159 e. The summed E-state index contributed by atoms with van der Waals surface area (Å²) < 4.78 is 26.0. The molecule has 4 heteroatoms. The molecule has 3 N–H and O–H groups in total. The average molecular weight is 263 g/mol. The van der Waals surface area contributed by atoms with Crippen LogP contribution in [-0.2, 0) is 6.42 Å². The standard InChI is InChI=1S/C15H15F2NO/c16-13-6-5-12(9-14(13)17)15(19)11-3-1-10(2-4-11)7-8-18/h1-6,9,15,19H,7-8,18H2. The van der Waals surface area contributed by atoms with Gasteiger partial charge < -0.3 is 10.8 Å². The molecule has 100 valence electrons. The molecule has 1 atom stereocenters. The van der Waals surface area contributed by atoms with Gasteiger partial charge in [-0.2, -0.15) is 0 Å². The molecule has 0 radical (unpaired) electrons. The van der Waals surface area contributed by atoms with E-state index in [-0.39, 0.29) is 0 Å². The topological polar surface area (TPSA) is 46.2 Å². The number of hydrogen-bond donors (Lipinski definition) is 2. The monoisotopic (exact) mass is 263 g/mol. The molecule has 2 aromatic carbocycles.